The molecule has 1 heterocycles. The van der Waals surface area contributed by atoms with E-state index < -0.39 is 0 Å². The normalized spacial score (nSPS) is 20.1. The fraction of sp³-hybridized carbons (Fsp3) is 0.647. The minimum atomic E-state index is 0. The average molecular weight is 426 g/mol. The fourth-order valence-corrected chi connectivity index (χ4v) is 4.09. The predicted molar refractivity (Wildman–Crippen MR) is 104 cm³/mol. The summed E-state index contributed by atoms with van der Waals surface area (Å²) in [6, 6.07) is 2.29. The number of halogens is 3. The van der Waals surface area contributed by atoms with E-state index in [1.807, 2.05) is 13.0 Å². The van der Waals surface area contributed by atoms with Gasteiger partial charge >= 0.3 is 0 Å². The molecule has 0 bridgehead atoms. The molecule has 1 aliphatic heterocycles. The molecule has 3 nitrogen and oxygen atoms in total. The van der Waals surface area contributed by atoms with Gasteiger partial charge in [-0.15, -0.1) is 24.8 Å². The number of hydrogen-bond donors (Lipinski definition) is 2. The van der Waals surface area contributed by atoms with Gasteiger partial charge in [0.25, 0.3) is 0 Å². The van der Waals surface area contributed by atoms with Crippen LogP contribution in [0.25, 0.3) is 0 Å². The molecule has 6 heteroatoms. The molecule has 1 saturated heterocycles. The first-order valence-corrected chi connectivity index (χ1v) is 8.82. The second kappa shape index (κ2) is 8.91. The number of nitrogens with zero attached hydrogens (tertiary/aromatic N) is 1. The molecule has 132 valence electrons. The maximum atomic E-state index is 10.6. The second-order valence-corrected chi connectivity index (χ2v) is 7.28. The molecule has 0 amide bonds. The van der Waals surface area contributed by atoms with Gasteiger partial charge in [-0.05, 0) is 49.8 Å². The van der Waals surface area contributed by atoms with Gasteiger partial charge in [0.2, 0.25) is 0 Å². The predicted octanol–water partition coefficient (Wildman–Crippen LogP) is 4.36. The third-order valence-electron chi connectivity index (χ3n) is 5.15. The Hall–Kier alpha value is -0.000000000000000111. The lowest BCUT2D eigenvalue weighted by Crippen LogP contribution is -2.48. The van der Waals surface area contributed by atoms with Crippen molar-refractivity contribution in [2.24, 2.45) is 5.92 Å². The highest BCUT2D eigenvalue weighted by molar-refractivity contribution is 9.10. The highest BCUT2D eigenvalue weighted by atomic mass is 79.9. The van der Waals surface area contributed by atoms with E-state index in [-0.39, 0.29) is 24.8 Å². The van der Waals surface area contributed by atoms with Crippen LogP contribution >= 0.6 is 40.7 Å². The van der Waals surface area contributed by atoms with Crippen LogP contribution in [-0.4, -0.2) is 36.2 Å². The Morgan fingerprint density at radius 2 is 1.83 bits per heavy atom. The van der Waals surface area contributed by atoms with Gasteiger partial charge in [0.15, 0.2) is 0 Å². The summed E-state index contributed by atoms with van der Waals surface area (Å²) in [6.45, 7) is 8.44. The smallest absolute Gasteiger partial charge is 0.120 e. The summed E-state index contributed by atoms with van der Waals surface area (Å²) >= 11 is 3.70. The molecule has 3 rings (SSSR count). The van der Waals surface area contributed by atoms with Crippen LogP contribution in [0.15, 0.2) is 10.5 Å². The van der Waals surface area contributed by atoms with Crippen molar-refractivity contribution in [1.82, 2.24) is 10.2 Å². The van der Waals surface area contributed by atoms with Crippen LogP contribution in [0.4, 0.5) is 0 Å². The number of aromatic hydroxyl groups is 1. The van der Waals surface area contributed by atoms with Crippen LogP contribution in [0.5, 0.6) is 5.75 Å². The minimum Gasteiger partial charge on any atom is -0.508 e. The maximum absolute atomic E-state index is 10.6. The largest absolute Gasteiger partial charge is 0.508 e. The van der Waals surface area contributed by atoms with Gasteiger partial charge in [0, 0.05) is 42.3 Å². The molecule has 1 aromatic carbocycles. The third kappa shape index (κ3) is 4.16. The molecule has 0 unspecified atom stereocenters. The monoisotopic (exact) mass is 424 g/mol. The summed E-state index contributed by atoms with van der Waals surface area (Å²) < 4.78 is 1.15. The van der Waals surface area contributed by atoms with E-state index in [0.717, 1.165) is 41.8 Å². The Kier molecular flexibility index (Phi) is 8.15. The number of phenolic OH excluding ortho intramolecular Hbond substituents is 1. The van der Waals surface area contributed by atoms with Gasteiger partial charge in [0.1, 0.15) is 5.75 Å². The molecular weight excluding hydrogens is 399 g/mol. The first-order chi connectivity index (χ1) is 10.1. The zero-order valence-electron chi connectivity index (χ0n) is 13.8. The van der Waals surface area contributed by atoms with Crippen LogP contribution in [0, 0.1) is 19.8 Å². The summed E-state index contributed by atoms with van der Waals surface area (Å²) in [7, 11) is 0. The molecule has 1 aliphatic carbocycles. The molecular formula is C17H27BrCl2N2O. The van der Waals surface area contributed by atoms with Crippen LogP contribution in [-0.2, 0) is 0 Å². The van der Waals surface area contributed by atoms with E-state index in [1.54, 1.807) is 0 Å². The first-order valence-electron chi connectivity index (χ1n) is 8.03. The quantitative estimate of drug-likeness (QED) is 0.754. The molecule has 1 saturated carbocycles. The molecule has 0 spiro atoms. The second-order valence-electron chi connectivity index (χ2n) is 6.49. The highest BCUT2D eigenvalue weighted by Crippen LogP contribution is 2.47. The minimum absolute atomic E-state index is 0. The van der Waals surface area contributed by atoms with Crippen molar-refractivity contribution in [2.75, 3.05) is 26.2 Å². The van der Waals surface area contributed by atoms with E-state index in [0.29, 0.717) is 17.7 Å². The van der Waals surface area contributed by atoms with Crippen molar-refractivity contribution >= 4 is 40.7 Å². The van der Waals surface area contributed by atoms with Crippen molar-refractivity contribution in [3.8, 4) is 5.75 Å². The highest BCUT2D eigenvalue weighted by Gasteiger charge is 2.36. The Morgan fingerprint density at radius 1 is 1.22 bits per heavy atom. The van der Waals surface area contributed by atoms with Gasteiger partial charge in [-0.25, -0.2) is 0 Å². The summed E-state index contributed by atoms with van der Waals surface area (Å²) in [5.74, 6) is 1.17. The Bertz CT molecular complexity index is 532. The van der Waals surface area contributed by atoms with Crippen molar-refractivity contribution in [3.05, 3.63) is 27.2 Å². The Balaban J connectivity index is 0.00000132. The molecule has 2 fully saturated rings. The number of benzene rings is 1. The lowest BCUT2D eigenvalue weighted by atomic mass is 9.75. The van der Waals surface area contributed by atoms with Crippen LogP contribution in [0.3, 0.4) is 0 Å². The van der Waals surface area contributed by atoms with E-state index in [2.05, 4.69) is 33.1 Å². The topological polar surface area (TPSA) is 35.5 Å². The van der Waals surface area contributed by atoms with Crippen LogP contribution < -0.4 is 5.32 Å². The van der Waals surface area contributed by atoms with E-state index in [1.165, 1.54) is 24.8 Å². The summed E-state index contributed by atoms with van der Waals surface area (Å²) in [6.07, 6.45) is 3.91. The summed E-state index contributed by atoms with van der Waals surface area (Å²) in [5.41, 5.74) is 3.48. The SMILES string of the molecule is Cc1cc(O)c([C@@H](C2CCC2)N2CCNCC2)c(C)c1Br.Cl.Cl. The molecule has 1 atom stereocenters. The van der Waals surface area contributed by atoms with Gasteiger partial charge in [0.05, 0.1) is 0 Å². The van der Waals surface area contributed by atoms with E-state index in [4.69, 9.17) is 0 Å². The van der Waals surface area contributed by atoms with Crippen LogP contribution in [0.1, 0.15) is 42.0 Å². The fourth-order valence-electron chi connectivity index (χ4n) is 3.76. The third-order valence-corrected chi connectivity index (χ3v) is 6.37. The molecule has 0 radical (unpaired) electrons. The van der Waals surface area contributed by atoms with Crippen molar-refractivity contribution in [1.29, 1.82) is 0 Å². The molecule has 23 heavy (non-hydrogen) atoms. The van der Waals surface area contributed by atoms with Crippen molar-refractivity contribution in [2.45, 2.75) is 39.2 Å². The van der Waals surface area contributed by atoms with Crippen molar-refractivity contribution in [3.63, 3.8) is 0 Å². The lowest BCUT2D eigenvalue weighted by molar-refractivity contribution is 0.0814. The Morgan fingerprint density at radius 3 is 2.35 bits per heavy atom. The molecule has 1 aromatic rings. The number of phenols is 1. The van der Waals surface area contributed by atoms with Crippen molar-refractivity contribution < 1.29 is 5.11 Å². The summed E-state index contributed by atoms with van der Waals surface area (Å²) in [5, 5.41) is 14.0. The number of nitrogens with one attached hydrogen (secondary N) is 1. The zero-order valence-corrected chi connectivity index (χ0v) is 17.0. The lowest BCUT2D eigenvalue weighted by Gasteiger charge is -2.44. The average Bonchev–Trinajstić information content (AvgIpc) is 2.43. The zero-order chi connectivity index (χ0) is 15.0. The maximum Gasteiger partial charge on any atom is 0.120 e. The first kappa shape index (κ1) is 21.0. The Labute approximate surface area is 160 Å². The van der Waals surface area contributed by atoms with Gasteiger partial charge in [-0.1, -0.05) is 22.4 Å². The standard InChI is InChI=1S/C17H25BrN2O.2ClH/c1-11-10-14(21)15(12(2)16(11)18)17(13-4-3-5-13)20-8-6-19-7-9-20;;/h10,13,17,19,21H,3-9H2,1-2H3;2*1H/t17-;;/m1../s1. The molecule has 2 aliphatic rings. The number of hydrogen-bond acceptors (Lipinski definition) is 3. The molecule has 0 aromatic heterocycles. The van der Waals surface area contributed by atoms with E-state index >= 15 is 0 Å². The molecule has 2 N–H and O–H groups in total. The van der Waals surface area contributed by atoms with Gasteiger partial charge in [-0.2, -0.15) is 0 Å². The number of aryl methyl sites for hydroxylation is 1. The van der Waals surface area contributed by atoms with E-state index in [9.17, 15) is 5.11 Å². The number of rotatable bonds is 3. The summed E-state index contributed by atoms with van der Waals surface area (Å²) in [4.78, 5) is 2.57. The van der Waals surface area contributed by atoms with Gasteiger partial charge in [-0.3, -0.25) is 4.90 Å². The number of piperazine rings is 1. The van der Waals surface area contributed by atoms with Gasteiger partial charge < -0.3 is 10.4 Å². The van der Waals surface area contributed by atoms with Crippen LogP contribution in [0.2, 0.25) is 0 Å².